The van der Waals surface area contributed by atoms with Crippen LogP contribution in [0.25, 0.3) is 10.9 Å². The van der Waals surface area contributed by atoms with Gasteiger partial charge in [-0.15, -0.1) is 0 Å². The second-order valence-electron chi connectivity index (χ2n) is 6.62. The normalized spacial score (nSPS) is 13.2. The molecule has 0 spiro atoms. The van der Waals surface area contributed by atoms with Gasteiger partial charge in [0, 0.05) is 24.3 Å². The zero-order valence-electron chi connectivity index (χ0n) is 16.0. The number of sulfonamides is 1. The minimum atomic E-state index is -4.81. The number of halogens is 4. The van der Waals surface area contributed by atoms with Gasteiger partial charge in [0.1, 0.15) is 23.6 Å². The van der Waals surface area contributed by atoms with E-state index in [1.165, 1.54) is 25.4 Å². The fourth-order valence-electron chi connectivity index (χ4n) is 3.02. The molecular formula is C18H15F4N5O3S. The van der Waals surface area contributed by atoms with Crippen LogP contribution in [0.4, 0.5) is 23.2 Å². The number of alkyl halides is 3. The SMILES string of the molecule is CC(NS(=O)(=O)c1c2[nH]ccc2c(C(=O)Nc2ccc(F)c(C#N)c2)n1C)C(F)(F)F. The molecule has 1 aromatic carbocycles. The van der Waals surface area contributed by atoms with Crippen LogP contribution in [-0.2, 0) is 17.1 Å². The summed E-state index contributed by atoms with van der Waals surface area (Å²) in [4.78, 5) is 15.5. The van der Waals surface area contributed by atoms with Crippen molar-refractivity contribution in [3.05, 3.63) is 47.5 Å². The third-order valence-corrected chi connectivity index (χ3v) is 6.14. The lowest BCUT2D eigenvalue weighted by atomic mass is 10.2. The lowest BCUT2D eigenvalue weighted by Gasteiger charge is -2.18. The minimum Gasteiger partial charge on any atom is -0.359 e. The summed E-state index contributed by atoms with van der Waals surface area (Å²) in [5.41, 5.74) is -0.475. The number of nitrogens with zero attached hydrogens (tertiary/aromatic N) is 2. The lowest BCUT2D eigenvalue weighted by Crippen LogP contribution is -2.43. The van der Waals surface area contributed by atoms with E-state index in [-0.39, 0.29) is 27.8 Å². The summed E-state index contributed by atoms with van der Waals surface area (Å²) in [6, 6.07) is 3.92. The number of carbonyl (C=O) groups is 1. The molecule has 8 nitrogen and oxygen atoms in total. The van der Waals surface area contributed by atoms with Gasteiger partial charge in [-0.3, -0.25) is 4.79 Å². The topological polar surface area (TPSA) is 120 Å². The Bertz CT molecular complexity index is 1320. The predicted octanol–water partition coefficient (Wildman–Crippen LogP) is 3.00. The smallest absolute Gasteiger partial charge is 0.359 e. The van der Waals surface area contributed by atoms with Crippen LogP contribution in [0.5, 0.6) is 0 Å². The molecule has 0 aliphatic carbocycles. The predicted molar refractivity (Wildman–Crippen MR) is 102 cm³/mol. The number of carbonyl (C=O) groups excluding carboxylic acids is 1. The zero-order chi connectivity index (χ0) is 23.1. The Morgan fingerprint density at radius 2 is 1.97 bits per heavy atom. The summed E-state index contributed by atoms with van der Waals surface area (Å²) < 4.78 is 79.9. The van der Waals surface area contributed by atoms with Crippen molar-refractivity contribution >= 4 is 32.5 Å². The first-order valence-corrected chi connectivity index (χ1v) is 10.1. The van der Waals surface area contributed by atoms with Crippen LogP contribution >= 0.6 is 0 Å². The van der Waals surface area contributed by atoms with E-state index in [4.69, 9.17) is 5.26 Å². The van der Waals surface area contributed by atoms with Crippen molar-refractivity contribution in [1.82, 2.24) is 14.3 Å². The second-order valence-corrected chi connectivity index (χ2v) is 8.25. The molecule has 13 heteroatoms. The zero-order valence-corrected chi connectivity index (χ0v) is 16.8. The number of nitrogens with one attached hydrogen (secondary N) is 3. The first-order chi connectivity index (χ1) is 14.4. The number of benzene rings is 1. The van der Waals surface area contributed by atoms with Crippen LogP contribution < -0.4 is 10.0 Å². The van der Waals surface area contributed by atoms with Crippen molar-refractivity contribution in [2.45, 2.75) is 24.2 Å². The van der Waals surface area contributed by atoms with Gasteiger partial charge in [-0.1, -0.05) is 0 Å². The first-order valence-electron chi connectivity index (χ1n) is 8.62. The van der Waals surface area contributed by atoms with Crippen molar-refractivity contribution in [1.29, 1.82) is 5.26 Å². The summed E-state index contributed by atoms with van der Waals surface area (Å²) in [6.45, 7) is 0.654. The largest absolute Gasteiger partial charge is 0.404 e. The number of rotatable bonds is 5. The standard InChI is InChI=1S/C18H15F4N5O3S/c1-9(18(20,21)22)26-31(29,30)17-14-12(5-6-24-14)15(27(17)2)16(28)25-11-3-4-13(19)10(7-11)8-23/h3-7,9,24,26H,1-2H3,(H,25,28). The Kier molecular flexibility index (Phi) is 5.55. The van der Waals surface area contributed by atoms with Gasteiger partial charge in [0.15, 0.2) is 5.03 Å². The molecule has 0 aliphatic rings. The highest BCUT2D eigenvalue weighted by molar-refractivity contribution is 7.89. The number of aromatic amines is 1. The third-order valence-electron chi connectivity index (χ3n) is 4.49. The summed E-state index contributed by atoms with van der Waals surface area (Å²) in [5, 5.41) is 10.9. The van der Waals surface area contributed by atoms with Crippen LogP contribution in [-0.4, -0.2) is 36.1 Å². The fraction of sp³-hybridized carbons (Fsp3) is 0.222. The number of nitriles is 1. The van der Waals surface area contributed by atoms with Crippen LogP contribution in [0.3, 0.4) is 0 Å². The summed E-state index contributed by atoms with van der Waals surface area (Å²) in [5.74, 6) is -1.60. The van der Waals surface area contributed by atoms with Crippen molar-refractivity contribution in [3.8, 4) is 6.07 Å². The Balaban J connectivity index is 2.04. The van der Waals surface area contributed by atoms with Crippen LogP contribution in [0, 0.1) is 17.1 Å². The van der Waals surface area contributed by atoms with E-state index >= 15 is 0 Å². The van der Waals surface area contributed by atoms with Crippen molar-refractivity contribution in [3.63, 3.8) is 0 Å². The number of amides is 1. The number of hydrogen-bond acceptors (Lipinski definition) is 4. The first kappa shape index (κ1) is 22.3. The van der Waals surface area contributed by atoms with E-state index in [9.17, 15) is 30.8 Å². The van der Waals surface area contributed by atoms with Gasteiger partial charge < -0.3 is 14.9 Å². The Morgan fingerprint density at radius 1 is 1.29 bits per heavy atom. The molecule has 1 amide bonds. The minimum absolute atomic E-state index is 0.0636. The molecule has 1 unspecified atom stereocenters. The van der Waals surface area contributed by atoms with Gasteiger partial charge >= 0.3 is 6.18 Å². The Hall–Kier alpha value is -3.37. The molecule has 2 aromatic heterocycles. The molecule has 0 aliphatic heterocycles. The number of aromatic nitrogens is 2. The van der Waals surface area contributed by atoms with Gasteiger partial charge in [-0.25, -0.2) is 12.8 Å². The molecule has 3 N–H and O–H groups in total. The molecule has 0 saturated heterocycles. The van der Waals surface area contributed by atoms with Gasteiger partial charge in [-0.05, 0) is 31.2 Å². The average Bonchev–Trinajstić information content (AvgIpc) is 3.21. The van der Waals surface area contributed by atoms with E-state index in [2.05, 4.69) is 10.3 Å². The Labute approximate surface area is 173 Å². The Morgan fingerprint density at radius 3 is 2.58 bits per heavy atom. The lowest BCUT2D eigenvalue weighted by molar-refractivity contribution is -0.147. The highest BCUT2D eigenvalue weighted by Crippen LogP contribution is 2.30. The molecule has 2 heterocycles. The highest BCUT2D eigenvalue weighted by Gasteiger charge is 2.40. The molecule has 0 radical (unpaired) electrons. The molecule has 0 saturated carbocycles. The molecule has 3 aromatic rings. The van der Waals surface area contributed by atoms with E-state index < -0.39 is 39.0 Å². The monoisotopic (exact) mass is 457 g/mol. The van der Waals surface area contributed by atoms with E-state index in [0.29, 0.717) is 6.92 Å². The molecule has 164 valence electrons. The third kappa shape index (κ3) is 4.12. The van der Waals surface area contributed by atoms with Gasteiger partial charge in [0.25, 0.3) is 15.9 Å². The van der Waals surface area contributed by atoms with E-state index in [0.717, 1.165) is 16.7 Å². The molecule has 0 fully saturated rings. The molecule has 0 bridgehead atoms. The number of anilines is 1. The highest BCUT2D eigenvalue weighted by atomic mass is 32.2. The summed E-state index contributed by atoms with van der Waals surface area (Å²) in [6.07, 6.45) is -3.48. The maximum Gasteiger partial charge on any atom is 0.404 e. The number of H-pyrrole nitrogens is 1. The van der Waals surface area contributed by atoms with Crippen LogP contribution in [0.2, 0.25) is 0 Å². The fourth-order valence-corrected chi connectivity index (χ4v) is 4.62. The van der Waals surface area contributed by atoms with E-state index in [1.807, 2.05) is 0 Å². The maximum absolute atomic E-state index is 13.5. The second kappa shape index (κ2) is 7.71. The van der Waals surface area contributed by atoms with Gasteiger partial charge in [0.2, 0.25) is 0 Å². The average molecular weight is 457 g/mol. The number of fused-ring (bicyclic) bond motifs is 1. The molecule has 3 rings (SSSR count). The van der Waals surface area contributed by atoms with E-state index in [1.54, 1.807) is 10.8 Å². The van der Waals surface area contributed by atoms with Crippen LogP contribution in [0.15, 0.2) is 35.5 Å². The molecule has 31 heavy (non-hydrogen) atoms. The van der Waals surface area contributed by atoms with Gasteiger partial charge in [0.05, 0.1) is 11.1 Å². The van der Waals surface area contributed by atoms with Gasteiger partial charge in [-0.2, -0.15) is 23.2 Å². The van der Waals surface area contributed by atoms with Crippen molar-refractivity contribution < 1.29 is 30.8 Å². The number of hydrogen-bond donors (Lipinski definition) is 3. The summed E-state index contributed by atoms with van der Waals surface area (Å²) >= 11 is 0. The quantitative estimate of drug-likeness (QED) is 0.510. The van der Waals surface area contributed by atoms with Crippen LogP contribution in [0.1, 0.15) is 23.0 Å². The maximum atomic E-state index is 13.5. The van der Waals surface area contributed by atoms with Crippen molar-refractivity contribution in [2.75, 3.05) is 5.32 Å². The summed E-state index contributed by atoms with van der Waals surface area (Å²) in [7, 11) is -3.47. The molecular weight excluding hydrogens is 442 g/mol. The van der Waals surface area contributed by atoms with Crippen molar-refractivity contribution in [2.24, 2.45) is 7.05 Å². The molecule has 1 atom stereocenters.